The van der Waals surface area contributed by atoms with Gasteiger partial charge in [0.2, 0.25) is 11.8 Å². The van der Waals surface area contributed by atoms with E-state index in [1.165, 1.54) is 18.0 Å². The minimum atomic E-state index is -0.791. The van der Waals surface area contributed by atoms with Gasteiger partial charge in [-0.3, -0.25) is 19.1 Å². The third-order valence-electron chi connectivity index (χ3n) is 5.01. The van der Waals surface area contributed by atoms with Gasteiger partial charge in [-0.15, -0.1) is 6.58 Å². The Morgan fingerprint density at radius 1 is 1.21 bits per heavy atom. The van der Waals surface area contributed by atoms with E-state index >= 15 is 0 Å². The number of nitrogens with zero attached hydrogens (tertiary/aromatic N) is 1. The molecule has 2 fully saturated rings. The fraction of sp³-hybridized carbons (Fsp3) is 0.476. The Kier molecular flexibility index (Phi) is 7.14. The lowest BCUT2D eigenvalue weighted by molar-refractivity contribution is -0.139. The van der Waals surface area contributed by atoms with Gasteiger partial charge in [0.1, 0.15) is 12.1 Å². The zero-order valence-electron chi connectivity index (χ0n) is 15.9. The van der Waals surface area contributed by atoms with Crippen LogP contribution in [0.5, 0.6) is 0 Å². The van der Waals surface area contributed by atoms with Gasteiger partial charge in [0, 0.05) is 18.2 Å². The molecule has 6 nitrogen and oxygen atoms in total. The van der Waals surface area contributed by atoms with Crippen molar-refractivity contribution in [2.45, 2.75) is 55.9 Å². The lowest BCUT2D eigenvalue weighted by atomic mass is 10.1. The van der Waals surface area contributed by atoms with E-state index in [2.05, 4.69) is 16.6 Å². The standard InChI is InChI=1S/C21H27N3O3S/c1-2-17(20(26)23-28-16-11-12-16)22-21(27)18-9-6-14-24(18)19(25)13-10-15-7-4-3-5-8-15/h2-5,7-8,16-18H,1,6,9-14H2,(H,22,27)(H,23,26). The number of hydrogen-bond donors (Lipinski definition) is 2. The van der Waals surface area contributed by atoms with Crippen molar-refractivity contribution >= 4 is 29.7 Å². The number of carbonyl (C=O) groups excluding carboxylic acids is 3. The smallest absolute Gasteiger partial charge is 0.256 e. The van der Waals surface area contributed by atoms with Gasteiger partial charge in [0.25, 0.3) is 5.91 Å². The molecule has 2 unspecified atom stereocenters. The molecule has 2 atom stereocenters. The van der Waals surface area contributed by atoms with Crippen LogP contribution in [0.4, 0.5) is 0 Å². The van der Waals surface area contributed by atoms with E-state index in [0.29, 0.717) is 31.1 Å². The second-order valence-corrected chi connectivity index (χ2v) is 8.34. The molecule has 0 bridgehead atoms. The predicted molar refractivity (Wildman–Crippen MR) is 110 cm³/mol. The van der Waals surface area contributed by atoms with Crippen LogP contribution in [0.3, 0.4) is 0 Å². The number of aryl methyl sites for hydroxylation is 1. The molecule has 0 spiro atoms. The van der Waals surface area contributed by atoms with E-state index in [1.807, 2.05) is 30.3 Å². The molecule has 2 N–H and O–H groups in total. The summed E-state index contributed by atoms with van der Waals surface area (Å²) in [5, 5.41) is 3.22. The fourth-order valence-electron chi connectivity index (χ4n) is 3.25. The van der Waals surface area contributed by atoms with Gasteiger partial charge in [-0.25, -0.2) is 0 Å². The number of carbonyl (C=O) groups is 3. The molecule has 28 heavy (non-hydrogen) atoms. The highest BCUT2D eigenvalue weighted by Gasteiger charge is 2.35. The molecule has 3 amide bonds. The highest BCUT2D eigenvalue weighted by molar-refractivity contribution is 7.98. The summed E-state index contributed by atoms with van der Waals surface area (Å²) in [7, 11) is 0. The van der Waals surface area contributed by atoms with Crippen molar-refractivity contribution in [3.63, 3.8) is 0 Å². The van der Waals surface area contributed by atoms with Crippen LogP contribution in [-0.2, 0) is 20.8 Å². The summed E-state index contributed by atoms with van der Waals surface area (Å²) in [6.07, 6.45) is 6.08. The average molecular weight is 402 g/mol. The first-order chi connectivity index (χ1) is 13.6. The molecule has 1 aliphatic heterocycles. The first-order valence-electron chi connectivity index (χ1n) is 9.80. The summed E-state index contributed by atoms with van der Waals surface area (Å²) in [4.78, 5) is 39.3. The molecule has 1 aromatic rings. The number of hydrogen-bond acceptors (Lipinski definition) is 4. The largest absolute Gasteiger partial charge is 0.339 e. The van der Waals surface area contributed by atoms with Gasteiger partial charge in [0.05, 0.1) is 0 Å². The quantitative estimate of drug-likeness (QED) is 0.491. The predicted octanol–water partition coefficient (Wildman–Crippen LogP) is 2.21. The summed E-state index contributed by atoms with van der Waals surface area (Å²) < 4.78 is 2.78. The van der Waals surface area contributed by atoms with Crippen LogP contribution in [0, 0.1) is 0 Å². The molecular weight excluding hydrogens is 374 g/mol. The van der Waals surface area contributed by atoms with Crippen LogP contribution in [0.1, 0.15) is 37.7 Å². The Bertz CT molecular complexity index is 721. The molecule has 1 saturated heterocycles. The summed E-state index contributed by atoms with van der Waals surface area (Å²) in [6.45, 7) is 4.23. The third kappa shape index (κ3) is 5.61. The number of nitrogens with one attached hydrogen (secondary N) is 2. The molecular formula is C21H27N3O3S. The fourth-order valence-corrected chi connectivity index (χ4v) is 4.03. The molecule has 7 heteroatoms. The van der Waals surface area contributed by atoms with Gasteiger partial charge >= 0.3 is 0 Å². The first kappa shape index (κ1) is 20.5. The molecule has 1 saturated carbocycles. The summed E-state index contributed by atoms with van der Waals surface area (Å²) >= 11 is 1.40. The monoisotopic (exact) mass is 401 g/mol. The number of amides is 3. The van der Waals surface area contributed by atoms with Crippen molar-refractivity contribution in [2.75, 3.05) is 6.54 Å². The van der Waals surface area contributed by atoms with Gasteiger partial charge in [-0.2, -0.15) is 0 Å². The second-order valence-electron chi connectivity index (χ2n) is 7.24. The van der Waals surface area contributed by atoms with E-state index in [-0.39, 0.29) is 17.7 Å². The van der Waals surface area contributed by atoms with Gasteiger partial charge in [-0.05, 0) is 49.6 Å². The lowest BCUT2D eigenvalue weighted by Gasteiger charge is -2.25. The SMILES string of the molecule is C=CC(NC(=O)C1CCCN1C(=O)CCc1ccccc1)C(=O)NSC1CC1. The van der Waals surface area contributed by atoms with Crippen molar-refractivity contribution in [3.8, 4) is 0 Å². The van der Waals surface area contributed by atoms with E-state index in [4.69, 9.17) is 0 Å². The summed E-state index contributed by atoms with van der Waals surface area (Å²) in [5.74, 6) is -0.590. The van der Waals surface area contributed by atoms with Crippen molar-refractivity contribution in [1.29, 1.82) is 0 Å². The molecule has 1 aliphatic carbocycles. The Morgan fingerprint density at radius 2 is 1.96 bits per heavy atom. The summed E-state index contributed by atoms with van der Waals surface area (Å²) in [6, 6.07) is 8.53. The molecule has 2 aliphatic rings. The maximum absolute atomic E-state index is 12.7. The Balaban J connectivity index is 1.51. The first-order valence-corrected chi connectivity index (χ1v) is 10.7. The topological polar surface area (TPSA) is 78.5 Å². The maximum atomic E-state index is 12.7. The maximum Gasteiger partial charge on any atom is 0.256 e. The Morgan fingerprint density at radius 3 is 2.64 bits per heavy atom. The Hall–Kier alpha value is -2.28. The van der Waals surface area contributed by atoms with Crippen molar-refractivity contribution in [1.82, 2.24) is 14.9 Å². The van der Waals surface area contributed by atoms with Gasteiger partial charge < -0.3 is 10.2 Å². The van der Waals surface area contributed by atoms with E-state index in [1.54, 1.807) is 4.90 Å². The van der Waals surface area contributed by atoms with Crippen LogP contribution < -0.4 is 10.0 Å². The van der Waals surface area contributed by atoms with E-state index in [0.717, 1.165) is 24.8 Å². The molecule has 1 heterocycles. The summed E-state index contributed by atoms with van der Waals surface area (Å²) in [5.41, 5.74) is 1.10. The molecule has 0 aromatic heterocycles. The highest BCUT2D eigenvalue weighted by atomic mass is 32.2. The zero-order valence-corrected chi connectivity index (χ0v) is 16.7. The van der Waals surface area contributed by atoms with Crippen LogP contribution in [-0.4, -0.2) is 46.5 Å². The number of rotatable bonds is 9. The van der Waals surface area contributed by atoms with Gasteiger partial charge in [-0.1, -0.05) is 36.4 Å². The molecule has 3 rings (SSSR count). The van der Waals surface area contributed by atoms with Crippen LogP contribution >= 0.6 is 11.9 Å². The lowest BCUT2D eigenvalue weighted by Crippen LogP contribution is -2.51. The average Bonchev–Trinajstić information content (AvgIpc) is 3.42. The number of likely N-dealkylation sites (tertiary alicyclic amines) is 1. The molecule has 1 aromatic carbocycles. The molecule has 0 radical (unpaired) electrons. The number of benzene rings is 1. The van der Waals surface area contributed by atoms with Gasteiger partial charge in [0.15, 0.2) is 0 Å². The van der Waals surface area contributed by atoms with Crippen LogP contribution in [0.25, 0.3) is 0 Å². The van der Waals surface area contributed by atoms with Crippen molar-refractivity contribution < 1.29 is 14.4 Å². The minimum absolute atomic E-state index is 0.0228. The third-order valence-corrected chi connectivity index (χ3v) is 6.14. The molecule has 150 valence electrons. The zero-order chi connectivity index (χ0) is 19.9. The second kappa shape index (κ2) is 9.78. The van der Waals surface area contributed by atoms with Crippen molar-refractivity contribution in [3.05, 3.63) is 48.6 Å². The van der Waals surface area contributed by atoms with E-state index < -0.39 is 12.1 Å². The normalized spacial score (nSPS) is 19.7. The highest BCUT2D eigenvalue weighted by Crippen LogP contribution is 2.31. The minimum Gasteiger partial charge on any atom is -0.339 e. The Labute approximate surface area is 170 Å². The van der Waals surface area contributed by atoms with Crippen LogP contribution in [0.2, 0.25) is 0 Å². The van der Waals surface area contributed by atoms with E-state index in [9.17, 15) is 14.4 Å². The van der Waals surface area contributed by atoms with Crippen LogP contribution in [0.15, 0.2) is 43.0 Å². The van der Waals surface area contributed by atoms with Crippen molar-refractivity contribution in [2.24, 2.45) is 0 Å².